The van der Waals surface area contributed by atoms with E-state index >= 15 is 0 Å². The zero-order valence-corrected chi connectivity index (χ0v) is 16.2. The molecular weight excluding hydrogens is 373 g/mol. The van der Waals surface area contributed by atoms with Crippen molar-refractivity contribution >= 4 is 5.97 Å². The highest BCUT2D eigenvalue weighted by Crippen LogP contribution is 2.43. The summed E-state index contributed by atoms with van der Waals surface area (Å²) in [6.07, 6.45) is 1.08. The minimum absolute atomic E-state index is 0.0961. The van der Waals surface area contributed by atoms with Gasteiger partial charge in [0.05, 0.1) is 11.5 Å². The van der Waals surface area contributed by atoms with Crippen LogP contribution in [0.5, 0.6) is 5.88 Å². The lowest BCUT2D eigenvalue weighted by Crippen LogP contribution is -2.56. The molecule has 1 aliphatic carbocycles. The van der Waals surface area contributed by atoms with Crippen molar-refractivity contribution in [3.05, 3.63) is 23.9 Å². The molecule has 1 N–H and O–H groups in total. The zero-order valence-electron chi connectivity index (χ0n) is 16.2. The number of halogens is 3. The molecule has 2 bridgehead atoms. The van der Waals surface area contributed by atoms with Gasteiger partial charge in [0.2, 0.25) is 11.6 Å². The van der Waals surface area contributed by atoms with E-state index in [9.17, 15) is 18.0 Å². The summed E-state index contributed by atoms with van der Waals surface area (Å²) in [6, 6.07) is 2.15. The van der Waals surface area contributed by atoms with Gasteiger partial charge in [-0.05, 0) is 24.8 Å². The largest absolute Gasteiger partial charge is 0.469 e. The average molecular weight is 400 g/mol. The predicted molar refractivity (Wildman–Crippen MR) is 96.5 cm³/mol. The molecule has 0 amide bonds. The molecule has 2 heterocycles. The lowest BCUT2D eigenvalue weighted by atomic mass is 10.0. The van der Waals surface area contributed by atoms with E-state index in [0.29, 0.717) is 18.8 Å². The minimum Gasteiger partial charge on any atom is -0.469 e. The van der Waals surface area contributed by atoms with Crippen molar-refractivity contribution in [3.8, 4) is 5.88 Å². The van der Waals surface area contributed by atoms with Gasteiger partial charge in [-0.25, -0.2) is 4.98 Å². The average Bonchev–Trinajstić information content (AvgIpc) is 3.19. The van der Waals surface area contributed by atoms with E-state index in [1.807, 2.05) is 6.92 Å². The van der Waals surface area contributed by atoms with Crippen LogP contribution < -0.4 is 10.1 Å². The number of hydrogen-bond acceptors (Lipinski definition) is 5. The maximum absolute atomic E-state index is 12.7. The van der Waals surface area contributed by atoms with Gasteiger partial charge in [0.15, 0.2) is 6.10 Å². The van der Waals surface area contributed by atoms with Gasteiger partial charge in [0.25, 0.3) is 0 Å². The van der Waals surface area contributed by atoms with E-state index in [1.165, 1.54) is 6.07 Å². The molecule has 1 aromatic heterocycles. The molecule has 1 saturated heterocycles. The van der Waals surface area contributed by atoms with Gasteiger partial charge in [-0.1, -0.05) is 33.1 Å². The molecule has 8 heteroatoms. The summed E-state index contributed by atoms with van der Waals surface area (Å²) >= 11 is 0. The zero-order chi connectivity index (χ0) is 20.4. The number of hydrogen-bond donors (Lipinski definition) is 1. The summed E-state index contributed by atoms with van der Waals surface area (Å²) in [6.45, 7) is 4.71. The first kappa shape index (κ1) is 20.9. The third kappa shape index (κ3) is 4.59. The van der Waals surface area contributed by atoms with Crippen LogP contribution in [0.15, 0.2) is 18.3 Å². The fourth-order valence-electron chi connectivity index (χ4n) is 3.94. The summed E-state index contributed by atoms with van der Waals surface area (Å²) in [5.41, 5.74) is -1.75. The van der Waals surface area contributed by atoms with Crippen LogP contribution in [-0.2, 0) is 15.7 Å². The number of piperidine rings is 1. The van der Waals surface area contributed by atoms with E-state index < -0.39 is 23.6 Å². The third-order valence-corrected chi connectivity index (χ3v) is 5.60. The highest BCUT2D eigenvalue weighted by molar-refractivity contribution is 5.72. The van der Waals surface area contributed by atoms with Crippen molar-refractivity contribution in [1.29, 1.82) is 0 Å². The number of carbonyl (C=O) groups excluding carboxylic acids is 1. The number of rotatable bonds is 8. The van der Waals surface area contributed by atoms with E-state index in [1.54, 1.807) is 0 Å². The SMILES string of the molecule is CCCCCC(C)C(=O)OC12CC(CN1)CC2Oc1ccc(C(F)(F)F)cn1. The second-order valence-corrected chi connectivity index (χ2v) is 7.88. The number of aromatic nitrogens is 1. The number of ether oxygens (including phenoxy) is 2. The topological polar surface area (TPSA) is 60.5 Å². The lowest BCUT2D eigenvalue weighted by molar-refractivity contribution is -0.176. The molecule has 1 saturated carbocycles. The Morgan fingerprint density at radius 3 is 2.79 bits per heavy atom. The smallest absolute Gasteiger partial charge is 0.417 e. The monoisotopic (exact) mass is 400 g/mol. The van der Waals surface area contributed by atoms with Crippen LogP contribution in [0.2, 0.25) is 0 Å². The Morgan fingerprint density at radius 2 is 2.18 bits per heavy atom. The Labute approximate surface area is 163 Å². The first-order valence-electron chi connectivity index (χ1n) is 9.91. The standard InChI is InChI=1S/C20H27F3N2O3/c1-3-4-5-6-13(2)18(26)28-19-10-14(11-25-19)9-16(19)27-17-8-7-15(12-24-17)20(21,22)23/h7-8,12-14,16,25H,3-6,9-11H2,1-2H3. The summed E-state index contributed by atoms with van der Waals surface area (Å²) in [5, 5.41) is 3.25. The van der Waals surface area contributed by atoms with Gasteiger partial charge in [0.1, 0.15) is 0 Å². The molecule has 156 valence electrons. The van der Waals surface area contributed by atoms with Gasteiger partial charge in [-0.2, -0.15) is 13.2 Å². The number of pyridine rings is 1. The molecule has 3 rings (SSSR count). The first-order valence-corrected chi connectivity index (χ1v) is 9.91. The summed E-state index contributed by atoms with van der Waals surface area (Å²) in [5.74, 6) is -0.0613. The van der Waals surface area contributed by atoms with Crippen LogP contribution >= 0.6 is 0 Å². The van der Waals surface area contributed by atoms with Crippen molar-refractivity contribution in [2.75, 3.05) is 6.54 Å². The van der Waals surface area contributed by atoms with Crippen LogP contribution in [0, 0.1) is 11.8 Å². The molecule has 0 radical (unpaired) electrons. The highest BCUT2D eigenvalue weighted by atomic mass is 19.4. The number of alkyl halides is 3. The van der Waals surface area contributed by atoms with Crippen LogP contribution in [0.3, 0.4) is 0 Å². The van der Waals surface area contributed by atoms with Crippen molar-refractivity contribution in [1.82, 2.24) is 10.3 Å². The Hall–Kier alpha value is -1.83. The molecule has 5 nitrogen and oxygen atoms in total. The van der Waals surface area contributed by atoms with E-state index in [-0.39, 0.29) is 17.8 Å². The molecule has 1 aliphatic heterocycles. The second kappa shape index (κ2) is 8.27. The number of fused-ring (bicyclic) bond motifs is 2. The van der Waals surface area contributed by atoms with Gasteiger partial charge in [-0.15, -0.1) is 0 Å². The number of nitrogens with zero attached hydrogens (tertiary/aromatic N) is 1. The lowest BCUT2D eigenvalue weighted by Gasteiger charge is -2.35. The number of nitrogens with one attached hydrogen (secondary N) is 1. The van der Waals surface area contributed by atoms with Gasteiger partial charge in [-0.3, -0.25) is 10.1 Å². The fraction of sp³-hybridized carbons (Fsp3) is 0.700. The first-order chi connectivity index (χ1) is 13.2. The maximum Gasteiger partial charge on any atom is 0.417 e. The minimum atomic E-state index is -4.44. The molecule has 1 aromatic rings. The van der Waals surface area contributed by atoms with E-state index in [0.717, 1.165) is 44.5 Å². The second-order valence-electron chi connectivity index (χ2n) is 7.88. The molecule has 2 fully saturated rings. The summed E-state index contributed by atoms with van der Waals surface area (Å²) in [4.78, 5) is 16.3. The van der Waals surface area contributed by atoms with Gasteiger partial charge in [0, 0.05) is 25.2 Å². The van der Waals surface area contributed by atoms with Crippen molar-refractivity contribution < 1.29 is 27.4 Å². The summed E-state index contributed by atoms with van der Waals surface area (Å²) < 4.78 is 49.8. The van der Waals surface area contributed by atoms with Crippen LogP contribution in [0.4, 0.5) is 13.2 Å². The Morgan fingerprint density at radius 1 is 1.39 bits per heavy atom. The molecule has 4 atom stereocenters. The maximum atomic E-state index is 12.7. The summed E-state index contributed by atoms with van der Waals surface area (Å²) in [7, 11) is 0. The predicted octanol–water partition coefficient (Wildman–Crippen LogP) is 4.32. The molecule has 2 aliphatic rings. The highest BCUT2D eigenvalue weighted by Gasteiger charge is 2.57. The normalized spacial score (nSPS) is 27.6. The molecule has 0 spiro atoms. The van der Waals surface area contributed by atoms with Crippen molar-refractivity contribution in [2.24, 2.45) is 11.8 Å². The third-order valence-electron chi connectivity index (χ3n) is 5.60. The van der Waals surface area contributed by atoms with Crippen molar-refractivity contribution in [3.63, 3.8) is 0 Å². The van der Waals surface area contributed by atoms with Crippen LogP contribution in [0.1, 0.15) is 57.9 Å². The Kier molecular flexibility index (Phi) is 6.17. The number of unbranched alkanes of at least 4 members (excludes halogenated alkanes) is 2. The van der Waals surface area contributed by atoms with E-state index in [4.69, 9.17) is 9.47 Å². The van der Waals surface area contributed by atoms with Crippen LogP contribution in [-0.4, -0.2) is 29.3 Å². The van der Waals surface area contributed by atoms with E-state index in [2.05, 4.69) is 17.2 Å². The molecule has 28 heavy (non-hydrogen) atoms. The molecule has 4 unspecified atom stereocenters. The van der Waals surface area contributed by atoms with Crippen molar-refractivity contribution in [2.45, 2.75) is 70.4 Å². The molecular formula is C20H27F3N2O3. The Bertz CT molecular complexity index is 680. The van der Waals surface area contributed by atoms with Crippen LogP contribution in [0.25, 0.3) is 0 Å². The number of esters is 1. The Balaban J connectivity index is 1.64. The van der Waals surface area contributed by atoms with Gasteiger partial charge >= 0.3 is 12.1 Å². The fourth-order valence-corrected chi connectivity index (χ4v) is 3.94. The number of carbonyl (C=O) groups is 1. The van der Waals surface area contributed by atoms with Gasteiger partial charge < -0.3 is 9.47 Å². The quantitative estimate of drug-likeness (QED) is 0.520. The molecule has 0 aromatic carbocycles.